The van der Waals surface area contributed by atoms with Gasteiger partial charge < -0.3 is 24.5 Å². The van der Waals surface area contributed by atoms with Gasteiger partial charge in [-0.2, -0.15) is 0 Å². The van der Waals surface area contributed by atoms with E-state index in [9.17, 15) is 14.4 Å². The van der Waals surface area contributed by atoms with Crippen LogP contribution in [-0.4, -0.2) is 73.2 Å². The number of hydrogen-bond donors (Lipinski definition) is 1. The summed E-state index contributed by atoms with van der Waals surface area (Å²) in [6, 6.07) is 5.25. The third-order valence-electron chi connectivity index (χ3n) is 5.20. The molecular weight excluding hydrogens is 390 g/mol. The molecule has 9 nitrogen and oxygen atoms in total. The minimum Gasteiger partial charge on any atom is -0.481 e. The quantitative estimate of drug-likeness (QED) is 0.366. The Labute approximate surface area is 174 Å². The second kappa shape index (κ2) is 9.73. The zero-order valence-corrected chi connectivity index (χ0v) is 17.3. The van der Waals surface area contributed by atoms with Crippen molar-refractivity contribution in [2.45, 2.75) is 20.4 Å². The van der Waals surface area contributed by atoms with Gasteiger partial charge in [-0.05, 0) is 26.0 Å². The lowest BCUT2D eigenvalue weighted by molar-refractivity contribution is -0.146. The lowest BCUT2D eigenvalue weighted by Crippen LogP contribution is -2.38. The Morgan fingerprint density at radius 1 is 1.20 bits per heavy atom. The van der Waals surface area contributed by atoms with Crippen LogP contribution < -0.4 is 10.5 Å². The molecule has 1 aromatic heterocycles. The summed E-state index contributed by atoms with van der Waals surface area (Å²) in [5, 5.41) is 0.474. The number of amides is 1. The molecule has 162 valence electrons. The predicted octanol–water partition coefficient (Wildman–Crippen LogP) is 0.892. The third kappa shape index (κ3) is 4.63. The minimum absolute atomic E-state index is 0.204. The summed E-state index contributed by atoms with van der Waals surface area (Å²) in [5.41, 5.74) is 6.81. The number of aryl methyl sites for hydroxylation is 1. The monoisotopic (exact) mass is 417 g/mol. The Hall–Kier alpha value is -2.91. The molecule has 1 aliphatic rings. The van der Waals surface area contributed by atoms with Crippen LogP contribution in [0.2, 0.25) is 0 Å². The van der Waals surface area contributed by atoms with Gasteiger partial charge in [0.05, 0.1) is 29.7 Å². The van der Waals surface area contributed by atoms with Crippen molar-refractivity contribution in [3.05, 3.63) is 29.5 Å². The van der Waals surface area contributed by atoms with Gasteiger partial charge in [-0.1, -0.05) is 6.07 Å². The van der Waals surface area contributed by atoms with Crippen LogP contribution in [0.1, 0.15) is 23.0 Å². The molecule has 1 saturated heterocycles. The molecule has 9 heteroatoms. The number of esters is 1. The molecule has 1 aromatic carbocycles. The summed E-state index contributed by atoms with van der Waals surface area (Å²) < 4.78 is 18.1. The predicted molar refractivity (Wildman–Crippen MR) is 110 cm³/mol. The van der Waals surface area contributed by atoms with Crippen LogP contribution in [0, 0.1) is 6.92 Å². The Morgan fingerprint density at radius 3 is 2.60 bits per heavy atom. The Balaban J connectivity index is 1.72. The lowest BCUT2D eigenvalue weighted by atomic mass is 10.1. The van der Waals surface area contributed by atoms with Crippen molar-refractivity contribution < 1.29 is 28.6 Å². The molecule has 1 amide bonds. The van der Waals surface area contributed by atoms with Gasteiger partial charge in [0.15, 0.2) is 6.61 Å². The highest BCUT2D eigenvalue weighted by molar-refractivity contribution is 6.45. The number of morpholine rings is 1. The lowest BCUT2D eigenvalue weighted by Gasteiger charge is -2.26. The highest BCUT2D eigenvalue weighted by Crippen LogP contribution is 2.34. The van der Waals surface area contributed by atoms with Crippen LogP contribution in [0.4, 0.5) is 0 Å². The molecule has 1 aliphatic heterocycles. The van der Waals surface area contributed by atoms with Gasteiger partial charge in [0.1, 0.15) is 12.4 Å². The number of ketones is 1. The average Bonchev–Trinajstić information content (AvgIpc) is 3.03. The number of fused-ring (bicyclic) bond motifs is 1. The van der Waals surface area contributed by atoms with Crippen molar-refractivity contribution in [3.63, 3.8) is 0 Å². The summed E-state index contributed by atoms with van der Waals surface area (Å²) in [6.45, 7) is 7.90. The van der Waals surface area contributed by atoms with Gasteiger partial charge in [-0.15, -0.1) is 0 Å². The number of ether oxygens (including phenoxy) is 3. The van der Waals surface area contributed by atoms with E-state index < -0.39 is 17.7 Å². The molecule has 0 unspecified atom stereocenters. The van der Waals surface area contributed by atoms with Gasteiger partial charge in [-0.3, -0.25) is 14.5 Å². The number of benzene rings is 1. The zero-order chi connectivity index (χ0) is 21.7. The third-order valence-corrected chi connectivity index (χ3v) is 5.20. The highest BCUT2D eigenvalue weighted by atomic mass is 16.6. The first kappa shape index (κ1) is 21.8. The largest absolute Gasteiger partial charge is 0.481 e. The molecule has 2 aromatic rings. The summed E-state index contributed by atoms with van der Waals surface area (Å²) in [4.78, 5) is 38.3. The molecule has 0 saturated carbocycles. The van der Waals surface area contributed by atoms with Gasteiger partial charge >= 0.3 is 5.97 Å². The second-order valence-electron chi connectivity index (χ2n) is 7.01. The van der Waals surface area contributed by atoms with E-state index in [4.69, 9.17) is 19.9 Å². The first-order chi connectivity index (χ1) is 14.4. The van der Waals surface area contributed by atoms with Crippen molar-refractivity contribution in [3.8, 4) is 5.75 Å². The SMILES string of the molecule is CCn1c(C)c(C(=O)C(N)=O)c2c(OCC(=O)OCCN3CCOCC3)cccc21. The average molecular weight is 417 g/mol. The maximum atomic E-state index is 12.4. The van der Waals surface area contributed by atoms with E-state index in [1.54, 1.807) is 19.1 Å². The fraction of sp³-hybridized carbons (Fsp3) is 0.476. The summed E-state index contributed by atoms with van der Waals surface area (Å²) in [7, 11) is 0. The summed E-state index contributed by atoms with van der Waals surface area (Å²) >= 11 is 0. The number of aromatic nitrogens is 1. The van der Waals surface area contributed by atoms with E-state index in [1.807, 2.05) is 17.6 Å². The minimum atomic E-state index is -1.04. The second-order valence-corrected chi connectivity index (χ2v) is 7.01. The number of nitrogens with two attached hydrogens (primary N) is 1. The standard InChI is InChI=1S/C21H27N3O6/c1-3-24-14(2)18(20(26)21(22)27)19-15(24)5-4-6-16(19)30-13-17(25)29-12-9-23-7-10-28-11-8-23/h4-6H,3,7-13H2,1-2H3,(H2,22,27). The van der Waals surface area contributed by atoms with E-state index in [-0.39, 0.29) is 18.8 Å². The molecule has 0 aliphatic carbocycles. The van der Waals surface area contributed by atoms with E-state index >= 15 is 0 Å². The Kier molecular flexibility index (Phi) is 7.07. The first-order valence-corrected chi connectivity index (χ1v) is 9.98. The van der Waals surface area contributed by atoms with Crippen LogP contribution in [0.15, 0.2) is 18.2 Å². The van der Waals surface area contributed by atoms with Crippen LogP contribution in [0.5, 0.6) is 5.75 Å². The van der Waals surface area contributed by atoms with Gasteiger partial charge in [0, 0.05) is 31.9 Å². The van der Waals surface area contributed by atoms with Crippen molar-refractivity contribution in [2.24, 2.45) is 5.73 Å². The zero-order valence-electron chi connectivity index (χ0n) is 17.3. The molecular formula is C21H27N3O6. The molecule has 0 spiro atoms. The summed E-state index contributed by atoms with van der Waals surface area (Å²) in [6.07, 6.45) is 0. The highest BCUT2D eigenvalue weighted by Gasteiger charge is 2.25. The number of carbonyl (C=O) groups is 3. The molecule has 0 atom stereocenters. The van der Waals surface area contributed by atoms with Crippen molar-refractivity contribution in [1.29, 1.82) is 0 Å². The number of nitrogens with zero attached hydrogens (tertiary/aromatic N) is 2. The normalized spacial score (nSPS) is 14.6. The molecule has 0 radical (unpaired) electrons. The van der Waals surface area contributed by atoms with E-state index in [1.165, 1.54) is 0 Å². The molecule has 1 fully saturated rings. The van der Waals surface area contributed by atoms with E-state index in [0.717, 1.165) is 18.6 Å². The molecule has 2 heterocycles. The number of hydrogen-bond acceptors (Lipinski definition) is 7. The van der Waals surface area contributed by atoms with E-state index in [2.05, 4.69) is 4.90 Å². The van der Waals surface area contributed by atoms with Crippen molar-refractivity contribution in [1.82, 2.24) is 9.47 Å². The fourth-order valence-corrected chi connectivity index (χ4v) is 3.71. The number of primary amides is 1. The van der Waals surface area contributed by atoms with Gasteiger partial charge in [-0.25, -0.2) is 4.79 Å². The smallest absolute Gasteiger partial charge is 0.344 e. The van der Waals surface area contributed by atoms with Crippen LogP contribution in [-0.2, 0) is 25.6 Å². The van der Waals surface area contributed by atoms with Crippen molar-refractivity contribution >= 4 is 28.6 Å². The number of rotatable bonds is 9. The fourth-order valence-electron chi connectivity index (χ4n) is 3.71. The molecule has 30 heavy (non-hydrogen) atoms. The van der Waals surface area contributed by atoms with Gasteiger partial charge in [0.25, 0.3) is 11.7 Å². The molecule has 2 N–H and O–H groups in total. The Morgan fingerprint density at radius 2 is 1.93 bits per heavy atom. The number of carbonyl (C=O) groups excluding carboxylic acids is 3. The van der Waals surface area contributed by atoms with Crippen molar-refractivity contribution in [2.75, 3.05) is 46.1 Å². The maximum absolute atomic E-state index is 12.4. The molecule has 0 bridgehead atoms. The molecule has 3 rings (SSSR count). The summed E-state index contributed by atoms with van der Waals surface area (Å²) in [5.74, 6) is -1.99. The van der Waals surface area contributed by atoms with Crippen LogP contribution in [0.3, 0.4) is 0 Å². The Bertz CT molecular complexity index is 946. The maximum Gasteiger partial charge on any atom is 0.344 e. The van der Waals surface area contributed by atoms with Crippen LogP contribution in [0.25, 0.3) is 10.9 Å². The topological polar surface area (TPSA) is 113 Å². The van der Waals surface area contributed by atoms with E-state index in [0.29, 0.717) is 43.1 Å². The number of Topliss-reactive ketones (excluding diaryl/α,β-unsaturated/α-hetero) is 1. The van der Waals surface area contributed by atoms with Crippen LogP contribution >= 0.6 is 0 Å². The first-order valence-electron chi connectivity index (χ1n) is 9.98. The van der Waals surface area contributed by atoms with Gasteiger partial charge in [0.2, 0.25) is 0 Å².